The molecule has 2 aromatic rings. The zero-order valence-electron chi connectivity index (χ0n) is 9.86. The van der Waals surface area contributed by atoms with Crippen molar-refractivity contribution in [3.63, 3.8) is 0 Å². The molecule has 2 aromatic carbocycles. The number of halogens is 2. The summed E-state index contributed by atoms with van der Waals surface area (Å²) >= 11 is 12.0. The average molecular weight is 296 g/mol. The van der Waals surface area contributed by atoms with Crippen LogP contribution in [0.5, 0.6) is 11.5 Å². The molecule has 0 saturated heterocycles. The molecule has 0 aliphatic carbocycles. The fourth-order valence-corrected chi connectivity index (χ4v) is 2.58. The van der Waals surface area contributed by atoms with Gasteiger partial charge >= 0.3 is 0 Å². The molecule has 0 radical (unpaired) electrons. The molecule has 1 atom stereocenters. The third-order valence-corrected chi connectivity index (χ3v) is 3.59. The van der Waals surface area contributed by atoms with Gasteiger partial charge in [0, 0.05) is 16.7 Å². The maximum Gasteiger partial charge on any atom is 0.128 e. The molecule has 0 amide bonds. The molecular weight excluding hydrogens is 285 g/mol. The Balaban J connectivity index is 1.86. The van der Waals surface area contributed by atoms with E-state index in [1.165, 1.54) is 0 Å². The van der Waals surface area contributed by atoms with Crippen LogP contribution in [-0.2, 0) is 0 Å². The summed E-state index contributed by atoms with van der Waals surface area (Å²) in [5.41, 5.74) is 1.81. The van der Waals surface area contributed by atoms with E-state index >= 15 is 0 Å². The van der Waals surface area contributed by atoms with E-state index in [9.17, 15) is 5.11 Å². The summed E-state index contributed by atoms with van der Waals surface area (Å²) in [6, 6.07) is 10.4. The molecule has 0 fully saturated rings. The van der Waals surface area contributed by atoms with Gasteiger partial charge in [-0.15, -0.1) is 0 Å². The molecule has 3 rings (SSSR count). The van der Waals surface area contributed by atoms with E-state index in [2.05, 4.69) is 5.32 Å². The van der Waals surface area contributed by atoms with Crippen molar-refractivity contribution in [3.05, 3.63) is 52.0 Å². The van der Waals surface area contributed by atoms with E-state index < -0.39 is 0 Å². The summed E-state index contributed by atoms with van der Waals surface area (Å²) in [6.07, 6.45) is 0. The van der Waals surface area contributed by atoms with Gasteiger partial charge in [0.05, 0.1) is 16.8 Å². The van der Waals surface area contributed by atoms with Gasteiger partial charge < -0.3 is 15.2 Å². The van der Waals surface area contributed by atoms with Crippen LogP contribution >= 0.6 is 23.2 Å². The summed E-state index contributed by atoms with van der Waals surface area (Å²) in [4.78, 5) is 0. The fourth-order valence-electron chi connectivity index (χ4n) is 2.11. The highest BCUT2D eigenvalue weighted by Gasteiger charge is 2.24. The molecule has 1 unspecified atom stereocenters. The lowest BCUT2D eigenvalue weighted by molar-refractivity contribution is 0.338. The Morgan fingerprint density at radius 3 is 2.79 bits per heavy atom. The van der Waals surface area contributed by atoms with Crippen molar-refractivity contribution in [1.29, 1.82) is 0 Å². The number of aromatic hydroxyl groups is 1. The quantitative estimate of drug-likeness (QED) is 0.870. The predicted octanol–water partition coefficient (Wildman–Crippen LogP) is 4.24. The molecule has 19 heavy (non-hydrogen) atoms. The van der Waals surface area contributed by atoms with Gasteiger partial charge in [-0.05, 0) is 30.3 Å². The maximum absolute atomic E-state index is 9.41. The highest BCUT2D eigenvalue weighted by Crippen LogP contribution is 2.38. The molecule has 0 spiro atoms. The Labute approximate surface area is 120 Å². The molecule has 1 aliphatic rings. The van der Waals surface area contributed by atoms with Crippen LogP contribution in [0, 0.1) is 0 Å². The van der Waals surface area contributed by atoms with Crippen LogP contribution in [-0.4, -0.2) is 11.7 Å². The molecule has 0 saturated carbocycles. The fraction of sp³-hybridized carbons (Fsp3) is 0.143. The summed E-state index contributed by atoms with van der Waals surface area (Å²) < 4.78 is 5.54. The number of benzene rings is 2. The van der Waals surface area contributed by atoms with Gasteiger partial charge in [-0.2, -0.15) is 0 Å². The number of anilines is 1. The minimum Gasteiger partial charge on any atom is -0.508 e. The van der Waals surface area contributed by atoms with Gasteiger partial charge in [-0.1, -0.05) is 23.2 Å². The van der Waals surface area contributed by atoms with Crippen molar-refractivity contribution in [1.82, 2.24) is 0 Å². The maximum atomic E-state index is 9.41. The van der Waals surface area contributed by atoms with E-state index in [1.54, 1.807) is 24.3 Å². The molecule has 5 heteroatoms. The standard InChI is InChI=1S/C14H11Cl2NO2/c15-8-1-4-12(11(16)5-8)17-13-7-19-14-6-9(18)2-3-10(13)14/h1-6,13,17-18H,7H2. The van der Waals surface area contributed by atoms with Gasteiger partial charge in [-0.3, -0.25) is 0 Å². The largest absolute Gasteiger partial charge is 0.508 e. The lowest BCUT2D eigenvalue weighted by Crippen LogP contribution is -2.12. The number of hydrogen-bond acceptors (Lipinski definition) is 3. The zero-order chi connectivity index (χ0) is 13.4. The van der Waals surface area contributed by atoms with Crippen LogP contribution in [0.1, 0.15) is 11.6 Å². The molecule has 3 nitrogen and oxygen atoms in total. The lowest BCUT2D eigenvalue weighted by atomic mass is 10.1. The van der Waals surface area contributed by atoms with Crippen molar-refractivity contribution >= 4 is 28.9 Å². The number of nitrogens with one attached hydrogen (secondary N) is 1. The normalized spacial score (nSPS) is 16.8. The van der Waals surface area contributed by atoms with Crippen LogP contribution < -0.4 is 10.1 Å². The zero-order valence-corrected chi connectivity index (χ0v) is 11.4. The molecule has 1 heterocycles. The SMILES string of the molecule is Oc1ccc2c(c1)OCC2Nc1ccc(Cl)cc1Cl. The van der Waals surface area contributed by atoms with Gasteiger partial charge in [0.2, 0.25) is 0 Å². The second kappa shape index (κ2) is 4.83. The average Bonchev–Trinajstić information content (AvgIpc) is 2.75. The number of fused-ring (bicyclic) bond motifs is 1. The summed E-state index contributed by atoms with van der Waals surface area (Å²) in [5, 5.41) is 13.9. The molecule has 1 aliphatic heterocycles. The first kappa shape index (κ1) is 12.5. The van der Waals surface area contributed by atoms with Crippen molar-refractivity contribution in [3.8, 4) is 11.5 Å². The van der Waals surface area contributed by atoms with Crippen molar-refractivity contribution in [2.45, 2.75) is 6.04 Å². The van der Waals surface area contributed by atoms with E-state index in [-0.39, 0.29) is 11.8 Å². The number of rotatable bonds is 2. The highest BCUT2D eigenvalue weighted by molar-refractivity contribution is 6.36. The van der Waals surface area contributed by atoms with Gasteiger partial charge in [0.25, 0.3) is 0 Å². The minimum atomic E-state index is 0.00859. The Bertz CT molecular complexity index is 631. The van der Waals surface area contributed by atoms with Gasteiger partial charge in [-0.25, -0.2) is 0 Å². The summed E-state index contributed by atoms with van der Waals surface area (Å²) in [6.45, 7) is 0.498. The van der Waals surface area contributed by atoms with Crippen LogP contribution in [0.4, 0.5) is 5.69 Å². The number of phenols is 1. The van der Waals surface area contributed by atoms with Crippen molar-refractivity contribution in [2.24, 2.45) is 0 Å². The Hall–Kier alpha value is -1.58. The van der Waals surface area contributed by atoms with Crippen molar-refractivity contribution < 1.29 is 9.84 Å². The first-order chi connectivity index (χ1) is 9.13. The Morgan fingerprint density at radius 2 is 2.00 bits per heavy atom. The second-order valence-electron chi connectivity index (χ2n) is 4.35. The number of hydrogen-bond donors (Lipinski definition) is 2. The summed E-state index contributed by atoms with van der Waals surface area (Å²) in [5.74, 6) is 0.895. The molecule has 98 valence electrons. The topological polar surface area (TPSA) is 41.5 Å². The molecule has 2 N–H and O–H groups in total. The first-order valence-corrected chi connectivity index (χ1v) is 6.56. The van der Waals surface area contributed by atoms with E-state index in [4.69, 9.17) is 27.9 Å². The van der Waals surface area contributed by atoms with E-state index in [0.29, 0.717) is 22.4 Å². The third-order valence-electron chi connectivity index (χ3n) is 3.04. The van der Waals surface area contributed by atoms with E-state index in [1.807, 2.05) is 12.1 Å². The Morgan fingerprint density at radius 1 is 1.16 bits per heavy atom. The predicted molar refractivity (Wildman–Crippen MR) is 76.4 cm³/mol. The van der Waals surface area contributed by atoms with Gasteiger partial charge in [0.15, 0.2) is 0 Å². The van der Waals surface area contributed by atoms with E-state index in [0.717, 1.165) is 11.3 Å². The number of phenolic OH excluding ortho intramolecular Hbond substituents is 1. The molecule has 0 aromatic heterocycles. The smallest absolute Gasteiger partial charge is 0.128 e. The summed E-state index contributed by atoms with van der Waals surface area (Å²) in [7, 11) is 0. The lowest BCUT2D eigenvalue weighted by Gasteiger charge is -2.14. The van der Waals surface area contributed by atoms with Crippen LogP contribution in [0.3, 0.4) is 0 Å². The van der Waals surface area contributed by atoms with Gasteiger partial charge in [0.1, 0.15) is 18.1 Å². The van der Waals surface area contributed by atoms with Crippen LogP contribution in [0.2, 0.25) is 10.0 Å². The van der Waals surface area contributed by atoms with Crippen LogP contribution in [0.15, 0.2) is 36.4 Å². The first-order valence-electron chi connectivity index (χ1n) is 5.81. The molecule has 0 bridgehead atoms. The minimum absolute atomic E-state index is 0.00859. The molecular formula is C14H11Cl2NO2. The Kier molecular flexibility index (Phi) is 3.17. The van der Waals surface area contributed by atoms with Crippen molar-refractivity contribution in [2.75, 3.05) is 11.9 Å². The van der Waals surface area contributed by atoms with Crippen LogP contribution in [0.25, 0.3) is 0 Å². The highest BCUT2D eigenvalue weighted by atomic mass is 35.5. The second-order valence-corrected chi connectivity index (χ2v) is 5.20. The monoisotopic (exact) mass is 295 g/mol. The third kappa shape index (κ3) is 2.44. The number of ether oxygens (including phenoxy) is 1.